The Kier molecular flexibility index (Phi) is 19.1. The van der Waals surface area contributed by atoms with Crippen LogP contribution >= 0.6 is 0 Å². The van der Waals surface area contributed by atoms with Gasteiger partial charge in [-0.15, -0.1) is 0 Å². The molecule has 6 N–H and O–H groups in total. The Labute approximate surface area is 364 Å². The number of rotatable bonds is 9. The lowest BCUT2D eigenvalue weighted by atomic mass is 9.84. The smallest absolute Gasteiger partial charge is 0.325 e. The molecule has 0 radical (unpaired) electrons. The third-order valence-corrected chi connectivity index (χ3v) is 11.5. The van der Waals surface area contributed by atoms with Gasteiger partial charge in [-0.05, 0) is 81.6 Å². The summed E-state index contributed by atoms with van der Waals surface area (Å²) in [6.07, 6.45) is 10.1. The van der Waals surface area contributed by atoms with Gasteiger partial charge in [0.25, 0.3) is 11.8 Å². The number of phenols is 1. The summed E-state index contributed by atoms with van der Waals surface area (Å²) >= 11 is 0. The topological polar surface area (TPSA) is 224 Å². The number of ether oxygens (including phenoxy) is 1. The van der Waals surface area contributed by atoms with Gasteiger partial charge < -0.3 is 35.5 Å². The van der Waals surface area contributed by atoms with E-state index in [-0.39, 0.29) is 49.7 Å². The molecule has 3 aliphatic heterocycles. The maximum atomic E-state index is 14.4. The number of ketones is 1. The first-order valence-electron chi connectivity index (χ1n) is 21.6. The number of aryl methyl sites for hydroxylation is 1. The molecule has 0 spiro atoms. The van der Waals surface area contributed by atoms with Crippen molar-refractivity contribution in [3.63, 3.8) is 0 Å². The minimum atomic E-state index is -1.42. The molecule has 3 heterocycles. The van der Waals surface area contributed by atoms with Crippen molar-refractivity contribution in [1.29, 1.82) is 0 Å². The van der Waals surface area contributed by atoms with E-state index >= 15 is 0 Å². The van der Waals surface area contributed by atoms with E-state index in [0.29, 0.717) is 42.7 Å². The van der Waals surface area contributed by atoms with Gasteiger partial charge in [0, 0.05) is 44.3 Å². The molecule has 1 unspecified atom stereocenters. The Morgan fingerprint density at radius 2 is 1.76 bits per heavy atom. The van der Waals surface area contributed by atoms with Crippen LogP contribution in [0.25, 0.3) is 0 Å². The summed E-state index contributed by atoms with van der Waals surface area (Å²) in [6.45, 7) is 11.0. The molecule has 2 saturated heterocycles. The van der Waals surface area contributed by atoms with E-state index in [0.717, 1.165) is 12.8 Å². The Balaban J connectivity index is 1.71. The maximum Gasteiger partial charge on any atom is 0.325 e. The first-order chi connectivity index (χ1) is 29.5. The molecule has 16 nitrogen and oxygen atoms in total. The molecule has 2 fully saturated rings. The highest BCUT2D eigenvalue weighted by Gasteiger charge is 2.38. The Morgan fingerprint density at radius 1 is 1.00 bits per heavy atom. The number of amides is 4. The normalized spacial score (nSPS) is 29.0. The van der Waals surface area contributed by atoms with Gasteiger partial charge in [0.15, 0.2) is 0 Å². The largest absolute Gasteiger partial charge is 0.508 e. The number of aromatic hydroxyl groups is 1. The quantitative estimate of drug-likeness (QED) is 0.120. The van der Waals surface area contributed by atoms with Crippen LogP contribution in [0, 0.1) is 24.7 Å². The molecule has 3 aliphatic rings. The minimum absolute atomic E-state index is 0.00256. The summed E-state index contributed by atoms with van der Waals surface area (Å²) in [6, 6.07) is 1.58. The molecular formula is C46H65N5O11. The molecule has 62 heavy (non-hydrogen) atoms. The van der Waals surface area contributed by atoms with E-state index in [2.05, 4.69) is 16.1 Å². The first kappa shape index (κ1) is 49.5. The van der Waals surface area contributed by atoms with Gasteiger partial charge in [-0.1, -0.05) is 69.4 Å². The Bertz CT molecular complexity index is 1870. The number of aliphatic hydroxyl groups is 2. The van der Waals surface area contributed by atoms with Crippen molar-refractivity contribution in [3.8, 4) is 5.75 Å². The Hall–Kier alpha value is -5.16. The number of carbonyl (C=O) groups excluding carboxylic acids is 6. The van der Waals surface area contributed by atoms with E-state index in [4.69, 9.17) is 9.57 Å². The first-order valence-corrected chi connectivity index (χ1v) is 21.6. The van der Waals surface area contributed by atoms with Gasteiger partial charge in [0.1, 0.15) is 35.8 Å². The lowest BCUT2D eigenvalue weighted by Gasteiger charge is -2.36. The lowest BCUT2D eigenvalue weighted by molar-refractivity contribution is -0.191. The Morgan fingerprint density at radius 3 is 2.44 bits per heavy atom. The molecule has 0 aliphatic carbocycles. The van der Waals surface area contributed by atoms with Crippen LogP contribution in [0.1, 0.15) is 90.7 Å². The number of allylic oxidation sites excluding steroid dienone is 4. The minimum Gasteiger partial charge on any atom is -0.508 e. The van der Waals surface area contributed by atoms with Crippen LogP contribution < -0.4 is 16.1 Å². The van der Waals surface area contributed by atoms with Crippen molar-refractivity contribution in [2.24, 2.45) is 17.8 Å². The predicted octanol–water partition coefficient (Wildman–Crippen LogP) is 3.19. The van der Waals surface area contributed by atoms with Crippen molar-refractivity contribution in [1.82, 2.24) is 26.1 Å². The van der Waals surface area contributed by atoms with Gasteiger partial charge in [-0.3, -0.25) is 33.8 Å². The molecule has 8 atom stereocenters. The zero-order valence-electron chi connectivity index (χ0n) is 36.7. The highest BCUT2D eigenvalue weighted by Crippen LogP contribution is 2.25. The number of nitrogens with zero attached hydrogens (tertiary/aromatic N) is 2. The summed E-state index contributed by atoms with van der Waals surface area (Å²) in [5.74, 6) is -5.66. The molecule has 16 heteroatoms. The highest BCUT2D eigenvalue weighted by atomic mass is 16.7. The van der Waals surface area contributed by atoms with E-state index in [1.54, 1.807) is 77.1 Å². The van der Waals surface area contributed by atoms with Crippen molar-refractivity contribution in [2.45, 2.75) is 129 Å². The van der Waals surface area contributed by atoms with E-state index in [9.17, 15) is 44.1 Å². The second kappa shape index (κ2) is 23.9. The number of esters is 1. The number of Topliss-reactive ketones (excluding diaryl/α,β-unsaturated/α-hetero) is 1. The fourth-order valence-electron chi connectivity index (χ4n) is 7.39. The molecule has 4 amide bonds. The number of carbonyl (C=O) groups is 6. The molecule has 4 rings (SSSR count). The van der Waals surface area contributed by atoms with Gasteiger partial charge >= 0.3 is 5.97 Å². The second-order valence-electron chi connectivity index (χ2n) is 16.8. The predicted molar refractivity (Wildman–Crippen MR) is 230 cm³/mol. The monoisotopic (exact) mass is 863 g/mol. The van der Waals surface area contributed by atoms with Crippen molar-refractivity contribution < 1.29 is 53.7 Å². The fourth-order valence-corrected chi connectivity index (χ4v) is 7.39. The van der Waals surface area contributed by atoms with Crippen LogP contribution in [0.5, 0.6) is 5.75 Å². The number of fused-ring (bicyclic) bond motifs is 2. The standard InChI is InChI=1S/C46H65N5O11/c1-28(2)41-44(58)47-36(26-33-21-19-29(3)38(54)27-33)45(59)50-23-13-15-35(49-50)46(60)62-39(30(4)14-12-18-40(55)51-24-10-11-25-61-51)17-9-7-8-16-37(53)32(6)42(56)34(43(57)48-41)22-20-31(5)52/h7-9,12,14,16,18-19,21,27-28,32,34-37,39,41-42,49,53-54,56H,10-11,13,15,17,20,22-26H2,1-6H3,(H,47,58)(H,48,57)/b9-7+,16-8+,18-12+,30-14+/t32-,34+,35?,36-,37-,39-,41-,42+/m0/s1. The van der Waals surface area contributed by atoms with Crippen molar-refractivity contribution >= 4 is 35.4 Å². The van der Waals surface area contributed by atoms with Gasteiger partial charge in [0.2, 0.25) is 11.8 Å². The van der Waals surface area contributed by atoms with Gasteiger partial charge in [0.05, 0.1) is 24.7 Å². The number of nitrogens with one attached hydrogen (secondary N) is 3. The average Bonchev–Trinajstić information content (AvgIpc) is 3.24. The number of phenolic OH excluding ortho intramolecular Hbond substituents is 1. The third kappa shape index (κ3) is 14.5. The third-order valence-electron chi connectivity index (χ3n) is 11.5. The second-order valence-corrected chi connectivity index (χ2v) is 16.8. The summed E-state index contributed by atoms with van der Waals surface area (Å²) in [5.41, 5.74) is 4.78. The average molecular weight is 864 g/mol. The van der Waals surface area contributed by atoms with E-state index in [1.807, 2.05) is 0 Å². The lowest BCUT2D eigenvalue weighted by Crippen LogP contribution is -2.62. The summed E-state index contributed by atoms with van der Waals surface area (Å²) < 4.78 is 6.06. The van der Waals surface area contributed by atoms with Crippen LogP contribution in [0.4, 0.5) is 0 Å². The molecule has 2 bridgehead atoms. The van der Waals surface area contributed by atoms with Gasteiger partial charge in [-0.2, -0.15) is 0 Å². The number of hydrogen-bond donors (Lipinski definition) is 6. The number of hydrogen-bond acceptors (Lipinski definition) is 12. The molecule has 1 aromatic rings. The summed E-state index contributed by atoms with van der Waals surface area (Å²) in [5, 5.41) is 41.3. The van der Waals surface area contributed by atoms with Crippen LogP contribution in [-0.4, -0.2) is 117 Å². The molecule has 0 saturated carbocycles. The van der Waals surface area contributed by atoms with Crippen molar-refractivity contribution in [3.05, 3.63) is 77.4 Å². The van der Waals surface area contributed by atoms with Gasteiger partial charge in [-0.25, -0.2) is 10.5 Å². The van der Waals surface area contributed by atoms with Crippen LogP contribution in [0.3, 0.4) is 0 Å². The van der Waals surface area contributed by atoms with E-state index < -0.39 is 77.9 Å². The number of cyclic esters (lactones) is 1. The fraction of sp³-hybridized carbons (Fsp3) is 0.565. The number of benzene rings is 1. The SMILES string of the molecule is CC(=O)CC[C@H]1C(=O)N[C@@H](C(C)C)C(=O)N[C@@H](Cc2ccc(C)c(O)c2)C(=O)N2CCCC(N2)C(=O)O[C@H](/C(C)=C/C=C/C(=O)N2CCCCO2)C/C=C/C=C/[C@H](O)[C@H](C)[C@H]1O. The molecular weight excluding hydrogens is 799 g/mol. The van der Waals surface area contributed by atoms with Crippen LogP contribution in [-0.2, 0) is 44.8 Å². The number of hydroxylamine groups is 2. The summed E-state index contributed by atoms with van der Waals surface area (Å²) in [4.78, 5) is 86.5. The molecule has 0 aromatic heterocycles. The van der Waals surface area contributed by atoms with Crippen LogP contribution in [0.2, 0.25) is 0 Å². The van der Waals surface area contributed by atoms with Crippen LogP contribution in [0.15, 0.2) is 66.3 Å². The highest BCUT2D eigenvalue weighted by molar-refractivity contribution is 5.93. The number of hydrazine groups is 1. The van der Waals surface area contributed by atoms with E-state index in [1.165, 1.54) is 35.2 Å². The van der Waals surface area contributed by atoms with Crippen molar-refractivity contribution in [2.75, 3.05) is 19.7 Å². The zero-order chi connectivity index (χ0) is 45.5. The maximum absolute atomic E-state index is 14.4. The number of aliphatic hydroxyl groups excluding tert-OH is 2. The molecule has 340 valence electrons. The zero-order valence-corrected chi connectivity index (χ0v) is 36.7. The molecule has 1 aromatic carbocycles. The summed E-state index contributed by atoms with van der Waals surface area (Å²) in [7, 11) is 0.